The first-order valence-corrected chi connectivity index (χ1v) is 13.7. The first-order valence-electron chi connectivity index (χ1n) is 13.3. The Kier molecular flexibility index (Phi) is 11.2. The second kappa shape index (κ2) is 13.5. The Bertz CT molecular complexity index is 1050. The predicted octanol–water partition coefficient (Wildman–Crippen LogP) is 2.61. The Labute approximate surface area is 236 Å². The quantitative estimate of drug-likeness (QED) is 0.399. The van der Waals surface area contributed by atoms with Crippen LogP contribution in [0.4, 0.5) is 0 Å². The van der Waals surface area contributed by atoms with Crippen molar-refractivity contribution in [1.82, 2.24) is 20.4 Å². The Balaban J connectivity index is 2.27. The van der Waals surface area contributed by atoms with Crippen LogP contribution in [0.25, 0.3) is 0 Å². The van der Waals surface area contributed by atoms with Gasteiger partial charge >= 0.3 is 0 Å². The van der Waals surface area contributed by atoms with E-state index in [0.717, 1.165) is 0 Å². The summed E-state index contributed by atoms with van der Waals surface area (Å²) in [4.78, 5) is 55.4. The molecule has 4 amide bonds. The van der Waals surface area contributed by atoms with Crippen LogP contribution in [0.2, 0.25) is 5.02 Å². The molecular weight excluding hydrogens is 524 g/mol. The topological polar surface area (TPSA) is 128 Å². The zero-order chi connectivity index (χ0) is 29.7. The molecule has 0 aliphatic carbocycles. The minimum Gasteiger partial charge on any atom is -0.483 e. The molecule has 0 spiro atoms. The molecule has 0 saturated carbocycles. The van der Waals surface area contributed by atoms with Gasteiger partial charge in [0.2, 0.25) is 11.8 Å². The number of nitrogens with one attached hydrogen (secondary N) is 2. The molecule has 1 fully saturated rings. The summed E-state index contributed by atoms with van der Waals surface area (Å²) >= 11 is 6.13. The van der Waals surface area contributed by atoms with E-state index < -0.39 is 35.5 Å². The number of carbonyl (C=O) groups is 4. The lowest BCUT2D eigenvalue weighted by molar-refractivity contribution is -0.145. The zero-order valence-corrected chi connectivity index (χ0v) is 25.0. The van der Waals surface area contributed by atoms with E-state index in [2.05, 4.69) is 10.6 Å². The highest BCUT2D eigenvalue weighted by Crippen LogP contribution is 2.26. The molecular formula is C28H43ClN4O6. The number of hydrogen-bond donors (Lipinski definition) is 3. The van der Waals surface area contributed by atoms with Crippen LogP contribution in [0.3, 0.4) is 0 Å². The molecule has 0 aromatic heterocycles. The maximum atomic E-state index is 13.7. The molecule has 0 unspecified atom stereocenters. The van der Waals surface area contributed by atoms with Crippen molar-refractivity contribution in [1.29, 1.82) is 0 Å². The number of benzene rings is 1. The fraction of sp³-hybridized carbons (Fsp3) is 0.643. The van der Waals surface area contributed by atoms with Crippen LogP contribution in [0.5, 0.6) is 5.75 Å². The summed E-state index contributed by atoms with van der Waals surface area (Å²) in [7, 11) is 1.66. The van der Waals surface area contributed by atoms with E-state index in [1.54, 1.807) is 11.9 Å². The summed E-state index contributed by atoms with van der Waals surface area (Å²) in [6.07, 6.45) is -0.388. The van der Waals surface area contributed by atoms with Crippen LogP contribution in [-0.4, -0.2) is 88.5 Å². The van der Waals surface area contributed by atoms with Gasteiger partial charge in [0, 0.05) is 36.6 Å². The molecule has 10 nitrogen and oxygen atoms in total. The Hall–Kier alpha value is -2.85. The normalized spacial score (nSPS) is 18.2. The summed E-state index contributed by atoms with van der Waals surface area (Å²) in [5.41, 5.74) is -0.343. The summed E-state index contributed by atoms with van der Waals surface area (Å²) in [6, 6.07) is 2.58. The number of amides is 4. The van der Waals surface area contributed by atoms with E-state index in [1.807, 2.05) is 48.5 Å². The zero-order valence-electron chi connectivity index (χ0n) is 24.2. The van der Waals surface area contributed by atoms with Crippen LogP contribution in [0.15, 0.2) is 18.2 Å². The third-order valence-electron chi connectivity index (χ3n) is 6.34. The molecule has 1 aliphatic rings. The largest absolute Gasteiger partial charge is 0.483 e. The summed E-state index contributed by atoms with van der Waals surface area (Å²) < 4.78 is 5.65. The van der Waals surface area contributed by atoms with E-state index in [1.165, 1.54) is 23.1 Å². The molecule has 39 heavy (non-hydrogen) atoms. The molecule has 3 atom stereocenters. The van der Waals surface area contributed by atoms with Crippen LogP contribution in [-0.2, 0) is 14.4 Å². The molecule has 1 aromatic rings. The number of likely N-dealkylation sites (tertiary alicyclic amines) is 1. The smallest absolute Gasteiger partial charge is 0.258 e. The maximum absolute atomic E-state index is 13.7. The van der Waals surface area contributed by atoms with Gasteiger partial charge in [0.15, 0.2) is 6.61 Å². The van der Waals surface area contributed by atoms with E-state index in [9.17, 15) is 24.3 Å². The molecule has 1 heterocycles. The number of carbonyl (C=O) groups excluding carboxylic acids is 4. The monoisotopic (exact) mass is 566 g/mol. The molecule has 0 radical (unpaired) electrons. The standard InChI is InChI=1S/C28H43ClN4O6/c1-16(2)11-21(26(37)33-14-19(34)13-22(33)27(38)32(8)17(3)4)30-25(36)20-10-9-18(29)12-23(20)39-15-24(35)31-28(5,6)7/h9-10,12,16-17,19,21-22,34H,11,13-15H2,1-8H3,(H,30,36)(H,31,35)/t19-,21+,22+/m0/s1. The van der Waals surface area contributed by atoms with Crippen LogP contribution >= 0.6 is 11.6 Å². The molecule has 2 rings (SSSR count). The number of rotatable bonds is 10. The lowest BCUT2D eigenvalue weighted by atomic mass is 10.0. The van der Waals surface area contributed by atoms with Gasteiger partial charge in [-0.1, -0.05) is 25.4 Å². The third-order valence-corrected chi connectivity index (χ3v) is 6.58. The van der Waals surface area contributed by atoms with Gasteiger partial charge in [-0.25, -0.2) is 0 Å². The SMILES string of the molecule is CC(C)C[C@@H](NC(=O)c1ccc(Cl)cc1OCC(=O)NC(C)(C)C)C(=O)N1C[C@@H](O)C[C@@H]1C(=O)N(C)C(C)C. The van der Waals surface area contributed by atoms with Gasteiger partial charge in [0.25, 0.3) is 11.8 Å². The van der Waals surface area contributed by atoms with Crippen molar-refractivity contribution in [2.75, 3.05) is 20.2 Å². The second-order valence-corrected chi connectivity index (χ2v) is 12.3. The fourth-order valence-corrected chi connectivity index (χ4v) is 4.47. The summed E-state index contributed by atoms with van der Waals surface area (Å²) in [5, 5.41) is 16.2. The molecule has 3 N–H and O–H groups in total. The minimum absolute atomic E-state index is 0.00380. The first kappa shape index (κ1) is 32.4. The van der Waals surface area contributed by atoms with Gasteiger partial charge in [-0.3, -0.25) is 19.2 Å². The van der Waals surface area contributed by atoms with Crippen LogP contribution in [0, 0.1) is 5.92 Å². The van der Waals surface area contributed by atoms with Crippen molar-refractivity contribution in [3.63, 3.8) is 0 Å². The number of aliphatic hydroxyl groups excluding tert-OH is 1. The number of aliphatic hydroxyl groups is 1. The lowest BCUT2D eigenvalue weighted by Crippen LogP contribution is -2.54. The van der Waals surface area contributed by atoms with Crippen molar-refractivity contribution >= 4 is 35.2 Å². The van der Waals surface area contributed by atoms with Crippen LogP contribution in [0.1, 0.15) is 71.7 Å². The van der Waals surface area contributed by atoms with Gasteiger partial charge in [-0.15, -0.1) is 0 Å². The summed E-state index contributed by atoms with van der Waals surface area (Å²) in [6.45, 7) is 12.8. The van der Waals surface area contributed by atoms with Crippen molar-refractivity contribution in [2.24, 2.45) is 5.92 Å². The van der Waals surface area contributed by atoms with Crippen molar-refractivity contribution < 1.29 is 29.0 Å². The average molecular weight is 567 g/mol. The lowest BCUT2D eigenvalue weighted by Gasteiger charge is -2.32. The molecule has 1 saturated heterocycles. The Morgan fingerprint density at radius 2 is 1.82 bits per heavy atom. The molecule has 0 bridgehead atoms. The van der Waals surface area contributed by atoms with Crippen molar-refractivity contribution in [2.45, 2.75) is 91.1 Å². The maximum Gasteiger partial charge on any atom is 0.258 e. The van der Waals surface area contributed by atoms with Crippen LogP contribution < -0.4 is 15.4 Å². The number of likely N-dealkylation sites (N-methyl/N-ethyl adjacent to an activating group) is 1. The highest BCUT2D eigenvalue weighted by molar-refractivity contribution is 6.30. The minimum atomic E-state index is -0.949. The van der Waals surface area contributed by atoms with E-state index in [0.29, 0.717) is 11.4 Å². The molecule has 11 heteroatoms. The van der Waals surface area contributed by atoms with E-state index in [4.69, 9.17) is 16.3 Å². The number of ether oxygens (including phenoxy) is 1. The molecule has 1 aliphatic heterocycles. The molecule has 1 aromatic carbocycles. The third kappa shape index (κ3) is 9.39. The first-order chi connectivity index (χ1) is 18.0. The Morgan fingerprint density at radius 1 is 1.18 bits per heavy atom. The number of hydrogen-bond acceptors (Lipinski definition) is 6. The van der Waals surface area contributed by atoms with Gasteiger partial charge < -0.3 is 30.3 Å². The highest BCUT2D eigenvalue weighted by Gasteiger charge is 2.43. The van der Waals surface area contributed by atoms with Gasteiger partial charge in [-0.2, -0.15) is 0 Å². The number of halogens is 1. The van der Waals surface area contributed by atoms with Crippen molar-refractivity contribution in [3.8, 4) is 5.75 Å². The average Bonchev–Trinajstić information content (AvgIpc) is 3.20. The second-order valence-electron chi connectivity index (χ2n) is 11.8. The van der Waals surface area contributed by atoms with Gasteiger partial charge in [0.1, 0.15) is 17.8 Å². The van der Waals surface area contributed by atoms with E-state index >= 15 is 0 Å². The Morgan fingerprint density at radius 3 is 2.38 bits per heavy atom. The number of nitrogens with zero attached hydrogens (tertiary/aromatic N) is 2. The predicted molar refractivity (Wildman–Crippen MR) is 150 cm³/mol. The van der Waals surface area contributed by atoms with E-state index in [-0.39, 0.29) is 54.7 Å². The van der Waals surface area contributed by atoms with Gasteiger partial charge in [0.05, 0.1) is 11.7 Å². The highest BCUT2D eigenvalue weighted by atomic mass is 35.5. The number of β-amino-alcohol motifs (C(OH)–C–C–N with tert-alkyl or cyclic N) is 1. The molecule has 218 valence electrons. The summed E-state index contributed by atoms with van der Waals surface area (Å²) in [5.74, 6) is -1.50. The fourth-order valence-electron chi connectivity index (χ4n) is 4.31. The van der Waals surface area contributed by atoms with Crippen molar-refractivity contribution in [3.05, 3.63) is 28.8 Å². The van der Waals surface area contributed by atoms with Gasteiger partial charge in [-0.05, 0) is 65.2 Å².